The van der Waals surface area contributed by atoms with Gasteiger partial charge < -0.3 is 10.0 Å². The fraction of sp³-hybridized carbons (Fsp3) is 0.385. The Bertz CT molecular complexity index is 389. The summed E-state index contributed by atoms with van der Waals surface area (Å²) < 4.78 is 0. The molecule has 17 heavy (non-hydrogen) atoms. The number of carbonyl (C=O) groups excluding carboxylic acids is 1. The molecule has 0 heterocycles. The van der Waals surface area contributed by atoms with Gasteiger partial charge in [-0.25, -0.2) is 0 Å². The second kappa shape index (κ2) is 6.03. The zero-order chi connectivity index (χ0) is 12.8. The van der Waals surface area contributed by atoms with Gasteiger partial charge in [0.05, 0.1) is 5.92 Å². The van der Waals surface area contributed by atoms with E-state index in [1.165, 1.54) is 4.90 Å². The van der Waals surface area contributed by atoms with Crippen molar-refractivity contribution in [2.24, 2.45) is 0 Å². The van der Waals surface area contributed by atoms with Gasteiger partial charge in [-0.2, -0.15) is 0 Å². The minimum absolute atomic E-state index is 0.152. The van der Waals surface area contributed by atoms with Crippen molar-refractivity contribution in [3.8, 4) is 0 Å². The quantitative estimate of drug-likeness (QED) is 0.845. The van der Waals surface area contributed by atoms with Crippen molar-refractivity contribution in [3.63, 3.8) is 0 Å². The highest BCUT2D eigenvalue weighted by molar-refractivity contribution is 5.86. The molecule has 1 aromatic rings. The van der Waals surface area contributed by atoms with Crippen LogP contribution in [0.25, 0.3) is 0 Å². The number of likely N-dealkylation sites (N-methyl/N-ethyl adjacent to an activating group) is 1. The second-order valence-electron chi connectivity index (χ2n) is 3.88. The van der Waals surface area contributed by atoms with Gasteiger partial charge in [-0.3, -0.25) is 9.59 Å². The number of nitrogens with zero attached hydrogens (tertiary/aromatic N) is 1. The first-order valence-corrected chi connectivity index (χ1v) is 5.61. The van der Waals surface area contributed by atoms with E-state index in [1.54, 1.807) is 13.8 Å². The first kappa shape index (κ1) is 13.2. The van der Waals surface area contributed by atoms with Crippen LogP contribution in [0, 0.1) is 0 Å². The van der Waals surface area contributed by atoms with Crippen LogP contribution in [0.2, 0.25) is 0 Å². The summed E-state index contributed by atoms with van der Waals surface area (Å²) in [5.74, 6) is -1.45. The van der Waals surface area contributed by atoms with Gasteiger partial charge >= 0.3 is 5.97 Å². The summed E-state index contributed by atoms with van der Waals surface area (Å²) in [5, 5.41) is 8.72. The number of amides is 1. The minimum Gasteiger partial charge on any atom is -0.480 e. The molecule has 0 fully saturated rings. The highest BCUT2D eigenvalue weighted by atomic mass is 16.4. The van der Waals surface area contributed by atoms with Crippen molar-refractivity contribution in [2.75, 3.05) is 13.1 Å². The van der Waals surface area contributed by atoms with Gasteiger partial charge in [-0.15, -0.1) is 0 Å². The van der Waals surface area contributed by atoms with E-state index in [4.69, 9.17) is 5.11 Å². The van der Waals surface area contributed by atoms with Crippen molar-refractivity contribution in [1.29, 1.82) is 0 Å². The van der Waals surface area contributed by atoms with E-state index < -0.39 is 5.97 Å². The van der Waals surface area contributed by atoms with Crippen LogP contribution in [-0.4, -0.2) is 35.0 Å². The average molecular weight is 235 g/mol. The molecule has 92 valence electrons. The summed E-state index contributed by atoms with van der Waals surface area (Å²) >= 11 is 0. The number of rotatable bonds is 5. The molecule has 0 aliphatic carbocycles. The predicted octanol–water partition coefficient (Wildman–Crippen LogP) is 1.72. The Morgan fingerprint density at radius 1 is 1.29 bits per heavy atom. The molecule has 1 aromatic carbocycles. The maximum atomic E-state index is 12.1. The Morgan fingerprint density at radius 3 is 2.35 bits per heavy atom. The summed E-state index contributed by atoms with van der Waals surface area (Å²) in [4.78, 5) is 24.1. The molecular formula is C13H17NO3. The summed E-state index contributed by atoms with van der Waals surface area (Å²) in [6.07, 6.45) is 0. The number of carboxylic acid groups (broad SMARTS) is 1. The van der Waals surface area contributed by atoms with Crippen molar-refractivity contribution in [3.05, 3.63) is 35.9 Å². The number of carbonyl (C=O) groups is 2. The summed E-state index contributed by atoms with van der Waals surface area (Å²) in [7, 11) is 0. The molecule has 0 aliphatic rings. The molecule has 1 rings (SSSR count). The third-order valence-corrected chi connectivity index (χ3v) is 2.69. The van der Waals surface area contributed by atoms with E-state index in [0.29, 0.717) is 6.54 Å². The fourth-order valence-corrected chi connectivity index (χ4v) is 1.67. The molecule has 4 heteroatoms. The monoisotopic (exact) mass is 235 g/mol. The lowest BCUT2D eigenvalue weighted by molar-refractivity contribution is -0.144. The number of benzene rings is 1. The Hall–Kier alpha value is -1.84. The van der Waals surface area contributed by atoms with Crippen LogP contribution in [0.5, 0.6) is 0 Å². The first-order valence-electron chi connectivity index (χ1n) is 5.61. The molecule has 0 aliphatic heterocycles. The van der Waals surface area contributed by atoms with Gasteiger partial charge in [0.2, 0.25) is 5.91 Å². The van der Waals surface area contributed by atoms with Crippen LogP contribution >= 0.6 is 0 Å². The molecule has 0 radical (unpaired) electrons. The van der Waals surface area contributed by atoms with Gasteiger partial charge in [0.1, 0.15) is 6.54 Å². The zero-order valence-electron chi connectivity index (χ0n) is 10.1. The predicted molar refractivity (Wildman–Crippen MR) is 64.7 cm³/mol. The van der Waals surface area contributed by atoms with Gasteiger partial charge in [0, 0.05) is 6.54 Å². The van der Waals surface area contributed by atoms with Crippen molar-refractivity contribution >= 4 is 11.9 Å². The molecule has 1 amide bonds. The maximum Gasteiger partial charge on any atom is 0.323 e. The topological polar surface area (TPSA) is 57.6 Å². The van der Waals surface area contributed by atoms with Crippen molar-refractivity contribution in [1.82, 2.24) is 4.90 Å². The Labute approximate surface area is 101 Å². The molecule has 1 atom stereocenters. The SMILES string of the molecule is CCN(CC(=O)O)C(=O)C(C)c1ccccc1. The lowest BCUT2D eigenvalue weighted by Gasteiger charge is -2.22. The van der Waals surface area contributed by atoms with Crippen LogP contribution in [0.4, 0.5) is 0 Å². The molecule has 0 saturated carbocycles. The average Bonchev–Trinajstić information content (AvgIpc) is 2.35. The van der Waals surface area contributed by atoms with Crippen LogP contribution in [0.1, 0.15) is 25.3 Å². The summed E-state index contributed by atoms with van der Waals surface area (Å²) in [6, 6.07) is 9.36. The lowest BCUT2D eigenvalue weighted by atomic mass is 10.00. The van der Waals surface area contributed by atoms with Crippen LogP contribution in [-0.2, 0) is 9.59 Å². The minimum atomic E-state index is -0.986. The second-order valence-corrected chi connectivity index (χ2v) is 3.88. The van der Waals surface area contributed by atoms with Crippen molar-refractivity contribution < 1.29 is 14.7 Å². The van der Waals surface area contributed by atoms with E-state index >= 15 is 0 Å². The Kier molecular flexibility index (Phi) is 4.69. The van der Waals surface area contributed by atoms with Gasteiger partial charge in [-0.05, 0) is 19.4 Å². The molecular weight excluding hydrogens is 218 g/mol. The van der Waals surface area contributed by atoms with Crippen LogP contribution in [0.15, 0.2) is 30.3 Å². The summed E-state index contributed by atoms with van der Waals surface area (Å²) in [5.41, 5.74) is 0.904. The van der Waals surface area contributed by atoms with E-state index in [0.717, 1.165) is 5.56 Å². The molecule has 1 N–H and O–H groups in total. The van der Waals surface area contributed by atoms with Crippen LogP contribution in [0.3, 0.4) is 0 Å². The molecule has 0 bridgehead atoms. The van der Waals surface area contributed by atoms with Gasteiger partial charge in [0.15, 0.2) is 0 Å². The van der Waals surface area contributed by atoms with Crippen molar-refractivity contribution in [2.45, 2.75) is 19.8 Å². The van der Waals surface area contributed by atoms with E-state index in [-0.39, 0.29) is 18.4 Å². The van der Waals surface area contributed by atoms with Gasteiger partial charge in [0.25, 0.3) is 0 Å². The molecule has 0 spiro atoms. The van der Waals surface area contributed by atoms with E-state index in [1.807, 2.05) is 30.3 Å². The largest absolute Gasteiger partial charge is 0.480 e. The zero-order valence-corrected chi connectivity index (χ0v) is 10.1. The number of hydrogen-bond acceptors (Lipinski definition) is 2. The highest BCUT2D eigenvalue weighted by Gasteiger charge is 2.22. The number of carboxylic acids is 1. The Balaban J connectivity index is 2.77. The summed E-state index contributed by atoms with van der Waals surface area (Å²) in [6.45, 7) is 3.73. The van der Waals surface area contributed by atoms with E-state index in [2.05, 4.69) is 0 Å². The fourth-order valence-electron chi connectivity index (χ4n) is 1.67. The first-order chi connectivity index (χ1) is 8.06. The normalized spacial score (nSPS) is 11.9. The Morgan fingerprint density at radius 2 is 1.88 bits per heavy atom. The lowest BCUT2D eigenvalue weighted by Crippen LogP contribution is -2.38. The highest BCUT2D eigenvalue weighted by Crippen LogP contribution is 2.17. The van der Waals surface area contributed by atoms with Gasteiger partial charge in [-0.1, -0.05) is 30.3 Å². The smallest absolute Gasteiger partial charge is 0.323 e. The molecule has 0 saturated heterocycles. The number of hydrogen-bond donors (Lipinski definition) is 1. The van der Waals surface area contributed by atoms with Crippen LogP contribution < -0.4 is 0 Å². The third-order valence-electron chi connectivity index (χ3n) is 2.69. The molecule has 1 unspecified atom stereocenters. The standard InChI is InChI=1S/C13H17NO3/c1-3-14(9-12(15)16)13(17)10(2)11-7-5-4-6-8-11/h4-8,10H,3,9H2,1-2H3,(H,15,16). The molecule has 0 aromatic heterocycles. The molecule has 4 nitrogen and oxygen atoms in total. The number of aliphatic carboxylic acids is 1. The van der Waals surface area contributed by atoms with E-state index in [9.17, 15) is 9.59 Å². The maximum absolute atomic E-state index is 12.1. The third kappa shape index (κ3) is 3.59.